The molecule has 0 unspecified atom stereocenters. The fourth-order valence-corrected chi connectivity index (χ4v) is 4.44. The average molecular weight is 444 g/mol. The van der Waals surface area contributed by atoms with E-state index in [1.165, 1.54) is 12.8 Å². The molecule has 0 radical (unpaired) electrons. The first-order valence-corrected chi connectivity index (χ1v) is 12.0. The molecule has 0 spiro atoms. The van der Waals surface area contributed by atoms with Crippen LogP contribution in [0.1, 0.15) is 45.1 Å². The number of fused-ring (bicyclic) bond motifs is 1. The van der Waals surface area contributed by atoms with Crippen LogP contribution in [0, 0.1) is 17.8 Å². The van der Waals surface area contributed by atoms with Gasteiger partial charge in [-0.3, -0.25) is 9.59 Å². The van der Waals surface area contributed by atoms with E-state index in [-0.39, 0.29) is 48.8 Å². The van der Waals surface area contributed by atoms with Gasteiger partial charge in [0.1, 0.15) is 11.9 Å². The zero-order valence-corrected chi connectivity index (χ0v) is 19.5. The molecular weight excluding hydrogens is 406 g/mol. The molecule has 0 saturated heterocycles. The molecule has 4 rings (SSSR count). The van der Waals surface area contributed by atoms with Crippen molar-refractivity contribution in [2.45, 2.75) is 58.1 Å². The lowest BCUT2D eigenvalue weighted by molar-refractivity contribution is -0.134. The van der Waals surface area contributed by atoms with Gasteiger partial charge in [0, 0.05) is 42.7 Å². The maximum absolute atomic E-state index is 13.2. The summed E-state index contributed by atoms with van der Waals surface area (Å²) >= 11 is 0. The van der Waals surface area contributed by atoms with Crippen molar-refractivity contribution < 1.29 is 19.4 Å². The first-order valence-electron chi connectivity index (χ1n) is 12.0. The molecule has 2 saturated carbocycles. The molecule has 0 aromatic heterocycles. The normalized spacial score (nSPS) is 24.8. The molecule has 1 heterocycles. The summed E-state index contributed by atoms with van der Waals surface area (Å²) in [6.07, 6.45) is 4.61. The number of nitrogens with zero attached hydrogens (tertiary/aromatic N) is 2. The zero-order chi connectivity index (χ0) is 22.8. The van der Waals surface area contributed by atoms with Crippen LogP contribution in [0.4, 0.5) is 5.69 Å². The van der Waals surface area contributed by atoms with E-state index in [1.54, 1.807) is 4.90 Å². The number of hydrogen-bond acceptors (Lipinski definition) is 5. The third-order valence-corrected chi connectivity index (χ3v) is 6.89. The summed E-state index contributed by atoms with van der Waals surface area (Å²) in [5, 5.41) is 12.7. The molecule has 2 amide bonds. The number of carbonyl (C=O) groups excluding carboxylic acids is 2. The number of aliphatic hydroxyl groups excluding tert-OH is 1. The minimum atomic E-state index is -0.255. The Morgan fingerprint density at radius 3 is 2.69 bits per heavy atom. The third kappa shape index (κ3) is 5.81. The number of carbonyl (C=O) groups is 2. The van der Waals surface area contributed by atoms with Gasteiger partial charge in [-0.15, -0.1) is 0 Å². The lowest BCUT2D eigenvalue weighted by Gasteiger charge is -2.34. The molecule has 2 aliphatic carbocycles. The summed E-state index contributed by atoms with van der Waals surface area (Å²) in [6, 6.07) is 5.37. The van der Waals surface area contributed by atoms with E-state index < -0.39 is 0 Å². The minimum Gasteiger partial charge on any atom is -0.488 e. The second-order valence-electron chi connectivity index (χ2n) is 10.1. The lowest BCUT2D eigenvalue weighted by atomic mass is 10.0. The maximum atomic E-state index is 13.2. The van der Waals surface area contributed by atoms with E-state index in [9.17, 15) is 14.7 Å². The van der Waals surface area contributed by atoms with Crippen LogP contribution >= 0.6 is 0 Å². The van der Waals surface area contributed by atoms with Crippen molar-refractivity contribution in [2.24, 2.45) is 17.8 Å². The highest BCUT2D eigenvalue weighted by Crippen LogP contribution is 2.33. The summed E-state index contributed by atoms with van der Waals surface area (Å²) in [4.78, 5) is 29.6. The fraction of sp³-hybridized carbons (Fsp3) is 0.680. The van der Waals surface area contributed by atoms with Crippen LogP contribution in [0.25, 0.3) is 0 Å². The number of aliphatic hydroxyl groups is 1. The second-order valence-corrected chi connectivity index (χ2v) is 10.1. The Hall–Kier alpha value is -2.12. The minimum absolute atomic E-state index is 0.0269. The highest BCUT2D eigenvalue weighted by Gasteiger charge is 2.33. The first kappa shape index (κ1) is 23.1. The van der Waals surface area contributed by atoms with Crippen molar-refractivity contribution in [3.05, 3.63) is 23.8 Å². The predicted octanol–water partition coefficient (Wildman–Crippen LogP) is 2.53. The summed E-state index contributed by atoms with van der Waals surface area (Å²) in [7, 11) is 2.14. The van der Waals surface area contributed by atoms with Crippen LogP contribution in [0.2, 0.25) is 0 Å². The van der Waals surface area contributed by atoms with Gasteiger partial charge < -0.3 is 25.0 Å². The number of likely N-dealkylation sites (N-methyl/N-ethyl adjacent to an activating group) is 1. The Labute approximate surface area is 191 Å². The van der Waals surface area contributed by atoms with E-state index in [2.05, 4.69) is 24.2 Å². The van der Waals surface area contributed by atoms with Crippen LogP contribution in [-0.2, 0) is 16.0 Å². The molecule has 2 N–H and O–H groups in total. The van der Waals surface area contributed by atoms with Crippen molar-refractivity contribution in [3.63, 3.8) is 0 Å². The monoisotopic (exact) mass is 443 g/mol. The van der Waals surface area contributed by atoms with Gasteiger partial charge >= 0.3 is 0 Å². The average Bonchev–Trinajstić information content (AvgIpc) is 3.66. The SMILES string of the molecule is C[C@@H]1CN([C@@H](C)CO)C(=O)Cc2cc(NC(=O)C3CC3)ccc2O[C@H]1CN(C)CC1CC1. The van der Waals surface area contributed by atoms with Crippen LogP contribution in [0.3, 0.4) is 0 Å². The Morgan fingerprint density at radius 2 is 2.03 bits per heavy atom. The van der Waals surface area contributed by atoms with Gasteiger partial charge in [0.2, 0.25) is 11.8 Å². The molecule has 1 aliphatic heterocycles. The molecule has 3 atom stereocenters. The summed E-state index contributed by atoms with van der Waals surface area (Å²) in [5.74, 6) is 1.74. The van der Waals surface area contributed by atoms with Gasteiger partial charge in [-0.1, -0.05) is 6.92 Å². The van der Waals surface area contributed by atoms with Gasteiger partial charge in [0.15, 0.2) is 0 Å². The summed E-state index contributed by atoms with van der Waals surface area (Å²) in [6.45, 7) is 6.33. The zero-order valence-electron chi connectivity index (χ0n) is 19.5. The van der Waals surface area contributed by atoms with Gasteiger partial charge in [0.25, 0.3) is 0 Å². The van der Waals surface area contributed by atoms with E-state index in [0.29, 0.717) is 18.0 Å². The van der Waals surface area contributed by atoms with E-state index in [0.717, 1.165) is 37.4 Å². The van der Waals surface area contributed by atoms with Crippen molar-refractivity contribution in [1.82, 2.24) is 9.80 Å². The number of rotatable bonds is 8. The number of anilines is 1. The number of amides is 2. The highest BCUT2D eigenvalue weighted by atomic mass is 16.5. The summed E-state index contributed by atoms with van der Waals surface area (Å²) < 4.78 is 6.54. The van der Waals surface area contributed by atoms with Gasteiger partial charge in [-0.2, -0.15) is 0 Å². The lowest BCUT2D eigenvalue weighted by Crippen LogP contribution is -2.47. The molecule has 1 aromatic rings. The number of hydrogen-bond donors (Lipinski definition) is 2. The molecule has 2 fully saturated rings. The molecule has 3 aliphatic rings. The van der Waals surface area contributed by atoms with Crippen molar-refractivity contribution in [2.75, 3.05) is 38.6 Å². The molecule has 7 nitrogen and oxygen atoms in total. The van der Waals surface area contributed by atoms with Crippen LogP contribution in [0.5, 0.6) is 5.75 Å². The Bertz CT molecular complexity index is 836. The Balaban J connectivity index is 1.59. The smallest absolute Gasteiger partial charge is 0.227 e. The molecule has 7 heteroatoms. The van der Waals surface area contributed by atoms with Crippen LogP contribution in [-0.4, -0.2) is 72.2 Å². The maximum Gasteiger partial charge on any atom is 0.227 e. The van der Waals surface area contributed by atoms with Crippen molar-refractivity contribution in [1.29, 1.82) is 0 Å². The molecule has 32 heavy (non-hydrogen) atoms. The Kier molecular flexibility index (Phi) is 7.05. The molecule has 1 aromatic carbocycles. The van der Waals surface area contributed by atoms with Crippen molar-refractivity contribution in [3.8, 4) is 5.75 Å². The van der Waals surface area contributed by atoms with Crippen LogP contribution in [0.15, 0.2) is 18.2 Å². The topological polar surface area (TPSA) is 82.1 Å². The summed E-state index contributed by atoms with van der Waals surface area (Å²) in [5.41, 5.74) is 1.48. The molecule has 0 bridgehead atoms. The third-order valence-electron chi connectivity index (χ3n) is 6.89. The van der Waals surface area contributed by atoms with E-state index in [1.807, 2.05) is 25.1 Å². The van der Waals surface area contributed by atoms with Gasteiger partial charge in [-0.25, -0.2) is 0 Å². The molecular formula is C25H37N3O4. The van der Waals surface area contributed by atoms with Gasteiger partial charge in [0.05, 0.1) is 19.1 Å². The quantitative estimate of drug-likeness (QED) is 0.645. The van der Waals surface area contributed by atoms with Crippen LogP contribution < -0.4 is 10.1 Å². The highest BCUT2D eigenvalue weighted by molar-refractivity contribution is 5.94. The Morgan fingerprint density at radius 1 is 1.28 bits per heavy atom. The van der Waals surface area contributed by atoms with E-state index in [4.69, 9.17) is 4.74 Å². The van der Waals surface area contributed by atoms with Crippen molar-refractivity contribution >= 4 is 17.5 Å². The number of ether oxygens (including phenoxy) is 1. The first-order chi connectivity index (χ1) is 15.3. The van der Waals surface area contributed by atoms with E-state index >= 15 is 0 Å². The number of benzene rings is 1. The fourth-order valence-electron chi connectivity index (χ4n) is 4.44. The van der Waals surface area contributed by atoms with Gasteiger partial charge in [-0.05, 0) is 63.8 Å². The standard InChI is InChI=1S/C25H37N3O4/c1-16-12-28(17(2)15-29)24(30)11-20-10-21(26-25(31)19-6-7-19)8-9-22(20)32-23(16)14-27(3)13-18-4-5-18/h8-10,16-19,23,29H,4-7,11-15H2,1-3H3,(H,26,31)/t16-,17+,23+/m1/s1. The predicted molar refractivity (Wildman–Crippen MR) is 124 cm³/mol. The largest absolute Gasteiger partial charge is 0.488 e. The number of nitrogens with one attached hydrogen (secondary N) is 1. The second kappa shape index (κ2) is 9.79. The molecule has 176 valence electrons.